The van der Waals surface area contributed by atoms with Gasteiger partial charge in [-0.05, 0) is 26.0 Å². The van der Waals surface area contributed by atoms with Gasteiger partial charge in [0.05, 0.1) is 6.10 Å². The number of pyridine rings is 1. The number of fused-ring (bicyclic) bond motifs is 1. The fraction of sp³-hybridized carbons (Fsp3) is 0.300. The molecule has 1 unspecified atom stereocenters. The van der Waals surface area contributed by atoms with Crippen LogP contribution in [-0.4, -0.2) is 14.5 Å². The van der Waals surface area contributed by atoms with Crippen molar-refractivity contribution in [3.63, 3.8) is 0 Å². The molecule has 1 N–H and O–H groups in total. The van der Waals surface area contributed by atoms with E-state index in [-0.39, 0.29) is 0 Å². The zero-order valence-corrected chi connectivity index (χ0v) is 8.78. The van der Waals surface area contributed by atoms with Crippen LogP contribution in [0, 0.1) is 6.92 Å². The number of hydrogen-bond acceptors (Lipinski definition) is 2. The number of aromatic nitrogens is 2. The lowest BCUT2D eigenvalue weighted by molar-refractivity contribution is 0.195. The van der Waals surface area contributed by atoms with Gasteiger partial charge in [-0.1, -0.05) is 17.7 Å². The molecule has 0 saturated carbocycles. The van der Waals surface area contributed by atoms with Crippen LogP contribution in [-0.2, 0) is 0 Å². The van der Waals surface area contributed by atoms with E-state index >= 15 is 0 Å². The summed E-state index contributed by atoms with van der Waals surface area (Å²) in [7, 11) is 0. The summed E-state index contributed by atoms with van der Waals surface area (Å²) in [6, 6.07) is 5.73. The van der Waals surface area contributed by atoms with E-state index in [2.05, 4.69) is 4.98 Å². The number of aliphatic hydroxyl groups is 1. The first-order chi connectivity index (χ1) is 6.61. The van der Waals surface area contributed by atoms with Gasteiger partial charge >= 0.3 is 0 Å². The SMILES string of the molecule is Cc1cccc2nc(C(C)O)c(Cl)n12. The Morgan fingerprint density at radius 2 is 2.21 bits per heavy atom. The van der Waals surface area contributed by atoms with Crippen LogP contribution < -0.4 is 0 Å². The second-order valence-electron chi connectivity index (χ2n) is 3.32. The first-order valence-corrected chi connectivity index (χ1v) is 4.80. The Labute approximate surface area is 87.0 Å². The molecule has 0 aliphatic rings. The maximum absolute atomic E-state index is 9.44. The van der Waals surface area contributed by atoms with Crippen LogP contribution in [0.15, 0.2) is 18.2 Å². The fourth-order valence-corrected chi connectivity index (χ4v) is 1.92. The molecule has 4 heteroatoms. The highest BCUT2D eigenvalue weighted by Gasteiger charge is 2.14. The standard InChI is InChI=1S/C10H11ClN2O/c1-6-4-3-5-8-12-9(7(2)14)10(11)13(6)8/h3-5,7,14H,1-2H3. The van der Waals surface area contributed by atoms with E-state index in [0.29, 0.717) is 10.8 Å². The Kier molecular flexibility index (Phi) is 2.21. The van der Waals surface area contributed by atoms with Crippen molar-refractivity contribution >= 4 is 17.2 Å². The molecule has 0 aliphatic heterocycles. The van der Waals surface area contributed by atoms with Crippen molar-refractivity contribution in [3.05, 3.63) is 34.7 Å². The number of imidazole rings is 1. The normalized spacial score (nSPS) is 13.4. The van der Waals surface area contributed by atoms with Gasteiger partial charge in [0.2, 0.25) is 0 Å². The summed E-state index contributed by atoms with van der Waals surface area (Å²) in [5.74, 6) is 0. The van der Waals surface area contributed by atoms with E-state index in [4.69, 9.17) is 11.6 Å². The van der Waals surface area contributed by atoms with Crippen molar-refractivity contribution in [1.29, 1.82) is 0 Å². The molecule has 2 rings (SSSR count). The van der Waals surface area contributed by atoms with Crippen LogP contribution in [0.25, 0.3) is 5.65 Å². The second kappa shape index (κ2) is 3.26. The van der Waals surface area contributed by atoms with Gasteiger partial charge in [0.15, 0.2) is 0 Å². The lowest BCUT2D eigenvalue weighted by Gasteiger charge is -2.01. The Morgan fingerprint density at radius 3 is 2.79 bits per heavy atom. The fourth-order valence-electron chi connectivity index (χ4n) is 1.50. The van der Waals surface area contributed by atoms with Crippen molar-refractivity contribution in [2.75, 3.05) is 0 Å². The molecule has 2 aromatic heterocycles. The molecule has 0 radical (unpaired) electrons. The van der Waals surface area contributed by atoms with E-state index in [1.54, 1.807) is 6.92 Å². The average molecular weight is 211 g/mol. The molecule has 1 atom stereocenters. The van der Waals surface area contributed by atoms with Gasteiger partial charge < -0.3 is 5.11 Å². The number of aliphatic hydroxyl groups excluding tert-OH is 1. The van der Waals surface area contributed by atoms with Crippen LogP contribution in [0.3, 0.4) is 0 Å². The Morgan fingerprint density at radius 1 is 1.50 bits per heavy atom. The molecule has 0 amide bonds. The third kappa shape index (κ3) is 1.29. The smallest absolute Gasteiger partial charge is 0.139 e. The van der Waals surface area contributed by atoms with Crippen molar-refractivity contribution in [3.8, 4) is 0 Å². The van der Waals surface area contributed by atoms with Gasteiger partial charge in [0.1, 0.15) is 16.5 Å². The Balaban J connectivity index is 2.81. The quantitative estimate of drug-likeness (QED) is 0.785. The summed E-state index contributed by atoms with van der Waals surface area (Å²) in [4.78, 5) is 4.25. The van der Waals surface area contributed by atoms with E-state index in [0.717, 1.165) is 11.3 Å². The average Bonchev–Trinajstić information content (AvgIpc) is 2.45. The molecule has 2 aromatic rings. The van der Waals surface area contributed by atoms with Crippen LogP contribution in [0.2, 0.25) is 5.15 Å². The maximum Gasteiger partial charge on any atom is 0.139 e. The third-order valence-corrected chi connectivity index (χ3v) is 2.57. The van der Waals surface area contributed by atoms with E-state index in [9.17, 15) is 5.11 Å². The summed E-state index contributed by atoms with van der Waals surface area (Å²) < 4.78 is 1.82. The molecule has 0 aromatic carbocycles. The zero-order chi connectivity index (χ0) is 10.3. The number of rotatable bonds is 1. The van der Waals surface area contributed by atoms with Gasteiger partial charge in [-0.2, -0.15) is 0 Å². The molecular formula is C10H11ClN2O. The molecule has 0 fully saturated rings. The van der Waals surface area contributed by atoms with Gasteiger partial charge in [-0.3, -0.25) is 4.40 Å². The molecule has 74 valence electrons. The first-order valence-electron chi connectivity index (χ1n) is 4.43. The molecule has 14 heavy (non-hydrogen) atoms. The summed E-state index contributed by atoms with van der Waals surface area (Å²) in [5.41, 5.74) is 2.30. The highest BCUT2D eigenvalue weighted by atomic mass is 35.5. The van der Waals surface area contributed by atoms with E-state index < -0.39 is 6.10 Å². The van der Waals surface area contributed by atoms with Gasteiger partial charge in [0, 0.05) is 5.69 Å². The Hall–Kier alpha value is -1.06. The molecular weight excluding hydrogens is 200 g/mol. The van der Waals surface area contributed by atoms with Crippen molar-refractivity contribution in [1.82, 2.24) is 9.38 Å². The monoisotopic (exact) mass is 210 g/mol. The van der Waals surface area contributed by atoms with Crippen molar-refractivity contribution in [2.45, 2.75) is 20.0 Å². The molecule has 0 saturated heterocycles. The van der Waals surface area contributed by atoms with Crippen LogP contribution in [0.1, 0.15) is 24.4 Å². The van der Waals surface area contributed by atoms with Crippen LogP contribution in [0.4, 0.5) is 0 Å². The zero-order valence-electron chi connectivity index (χ0n) is 8.03. The number of aryl methyl sites for hydroxylation is 1. The number of halogens is 1. The first kappa shape index (κ1) is 9.49. The largest absolute Gasteiger partial charge is 0.387 e. The van der Waals surface area contributed by atoms with Gasteiger partial charge in [-0.25, -0.2) is 4.98 Å². The molecule has 3 nitrogen and oxygen atoms in total. The summed E-state index contributed by atoms with van der Waals surface area (Å²) >= 11 is 6.10. The molecule has 0 aliphatic carbocycles. The summed E-state index contributed by atoms with van der Waals surface area (Å²) in [6.45, 7) is 3.61. The van der Waals surface area contributed by atoms with E-state index in [1.807, 2.05) is 29.5 Å². The van der Waals surface area contributed by atoms with Gasteiger partial charge in [-0.15, -0.1) is 0 Å². The summed E-state index contributed by atoms with van der Waals surface area (Å²) in [5, 5.41) is 9.93. The minimum absolute atomic E-state index is 0.494. The molecule has 0 spiro atoms. The number of hydrogen-bond donors (Lipinski definition) is 1. The highest BCUT2D eigenvalue weighted by Crippen LogP contribution is 2.24. The highest BCUT2D eigenvalue weighted by molar-refractivity contribution is 6.30. The lowest BCUT2D eigenvalue weighted by atomic mass is 10.3. The van der Waals surface area contributed by atoms with Crippen molar-refractivity contribution < 1.29 is 5.11 Å². The topological polar surface area (TPSA) is 37.5 Å². The van der Waals surface area contributed by atoms with Crippen LogP contribution in [0.5, 0.6) is 0 Å². The number of nitrogens with zero attached hydrogens (tertiary/aromatic N) is 2. The molecule has 0 bridgehead atoms. The maximum atomic E-state index is 9.44. The Bertz CT molecular complexity index is 476. The third-order valence-electron chi connectivity index (χ3n) is 2.20. The molecule has 2 heterocycles. The predicted octanol–water partition coefficient (Wildman–Crippen LogP) is 2.35. The summed E-state index contributed by atoms with van der Waals surface area (Å²) in [6.07, 6.45) is -0.637. The van der Waals surface area contributed by atoms with Crippen molar-refractivity contribution in [2.24, 2.45) is 0 Å². The minimum atomic E-state index is -0.637. The second-order valence-corrected chi connectivity index (χ2v) is 3.68. The van der Waals surface area contributed by atoms with E-state index in [1.165, 1.54) is 0 Å². The van der Waals surface area contributed by atoms with Gasteiger partial charge in [0.25, 0.3) is 0 Å². The van der Waals surface area contributed by atoms with Crippen LogP contribution >= 0.6 is 11.6 Å². The lowest BCUT2D eigenvalue weighted by Crippen LogP contribution is -1.93. The minimum Gasteiger partial charge on any atom is -0.387 e. The predicted molar refractivity (Wildman–Crippen MR) is 55.6 cm³/mol.